The predicted octanol–water partition coefficient (Wildman–Crippen LogP) is 2.27. The van der Waals surface area contributed by atoms with Crippen molar-refractivity contribution in [2.24, 2.45) is 5.92 Å². The molecule has 0 aromatic rings. The lowest BCUT2D eigenvalue weighted by molar-refractivity contribution is -0.178. The molecule has 1 aliphatic heterocycles. The van der Waals surface area contributed by atoms with Gasteiger partial charge in [0, 0.05) is 6.54 Å². The van der Waals surface area contributed by atoms with Crippen LogP contribution < -0.4 is 5.32 Å². The smallest absolute Gasteiger partial charge is 0.304 e. The van der Waals surface area contributed by atoms with Crippen LogP contribution >= 0.6 is 15.9 Å². The molecule has 1 nitrogen and oxygen atoms in total. The van der Waals surface area contributed by atoms with Gasteiger partial charge >= 0.3 is 6.18 Å². The van der Waals surface area contributed by atoms with Crippen LogP contribution in [-0.4, -0.2) is 17.7 Å². The van der Waals surface area contributed by atoms with Crippen molar-refractivity contribution in [2.45, 2.75) is 24.0 Å². The van der Waals surface area contributed by atoms with Crippen LogP contribution in [-0.2, 0) is 0 Å². The van der Waals surface area contributed by atoms with E-state index in [1.807, 2.05) is 0 Å². The van der Waals surface area contributed by atoms with Gasteiger partial charge in [0.2, 0.25) is 0 Å². The molecule has 0 amide bonds. The number of hydrogen-bond acceptors (Lipinski definition) is 1. The highest BCUT2D eigenvalue weighted by atomic mass is 79.9. The van der Waals surface area contributed by atoms with Gasteiger partial charge in [0.05, 0.1) is 10.9 Å². The summed E-state index contributed by atoms with van der Waals surface area (Å²) in [5, 5.41) is 2.74. The van der Waals surface area contributed by atoms with Crippen molar-refractivity contribution in [1.82, 2.24) is 5.32 Å². The van der Waals surface area contributed by atoms with Crippen molar-refractivity contribution in [3.8, 4) is 0 Å². The molecule has 0 bridgehead atoms. The van der Waals surface area contributed by atoms with Crippen molar-refractivity contribution >= 4 is 15.9 Å². The summed E-state index contributed by atoms with van der Waals surface area (Å²) >= 11 is 3.20. The third kappa shape index (κ3) is 2.63. The second kappa shape index (κ2) is 3.31. The zero-order chi connectivity index (χ0) is 8.48. The maximum Gasteiger partial charge on any atom is 0.393 e. The minimum atomic E-state index is -4.03. The second-order valence-corrected chi connectivity index (χ2v) is 3.80. The van der Waals surface area contributed by atoms with Crippen LogP contribution in [0, 0.1) is 5.92 Å². The largest absolute Gasteiger partial charge is 0.393 e. The molecule has 0 aromatic heterocycles. The van der Waals surface area contributed by atoms with Gasteiger partial charge in [-0.05, 0) is 12.8 Å². The molecule has 2 unspecified atom stereocenters. The fourth-order valence-electron chi connectivity index (χ4n) is 1.10. The van der Waals surface area contributed by atoms with E-state index in [4.69, 9.17) is 0 Å². The summed E-state index contributed by atoms with van der Waals surface area (Å²) < 4.78 is 36.0. The lowest BCUT2D eigenvalue weighted by atomic mass is 9.99. The molecule has 1 heterocycles. The molecule has 0 saturated carbocycles. The van der Waals surface area contributed by atoms with Gasteiger partial charge in [-0.25, -0.2) is 0 Å². The summed E-state index contributed by atoms with van der Waals surface area (Å²) in [5.74, 6) is -1.16. The number of nitrogens with one attached hydrogen (secondary N) is 1. The van der Waals surface area contributed by atoms with Crippen LogP contribution in [0.2, 0.25) is 0 Å². The molecule has 0 spiro atoms. The molecular weight excluding hydrogens is 223 g/mol. The normalized spacial score (nSPS) is 33.8. The highest BCUT2D eigenvalue weighted by Gasteiger charge is 2.40. The topological polar surface area (TPSA) is 12.0 Å². The molecule has 0 radical (unpaired) electrons. The van der Waals surface area contributed by atoms with Gasteiger partial charge < -0.3 is 5.32 Å². The first-order valence-corrected chi connectivity index (χ1v) is 4.36. The van der Waals surface area contributed by atoms with Crippen molar-refractivity contribution in [1.29, 1.82) is 0 Å². The summed E-state index contributed by atoms with van der Waals surface area (Å²) in [4.78, 5) is 0.0566. The van der Waals surface area contributed by atoms with E-state index in [-0.39, 0.29) is 17.9 Å². The van der Waals surface area contributed by atoms with Crippen LogP contribution in [0.25, 0.3) is 0 Å². The fraction of sp³-hybridized carbons (Fsp3) is 1.00. The Bertz CT molecular complexity index is 128. The third-order valence-electron chi connectivity index (χ3n) is 1.82. The average Bonchev–Trinajstić information content (AvgIpc) is 1.86. The molecule has 1 saturated heterocycles. The van der Waals surface area contributed by atoms with Crippen molar-refractivity contribution in [3.05, 3.63) is 0 Å². The summed E-state index contributed by atoms with van der Waals surface area (Å²) in [5.41, 5.74) is 0. The molecule has 11 heavy (non-hydrogen) atoms. The molecule has 66 valence electrons. The number of halogens is 4. The number of piperidine rings is 1. The monoisotopic (exact) mass is 231 g/mol. The maximum atomic E-state index is 12.0. The SMILES string of the molecule is FC(F)(F)C1CCC(Br)NC1. The number of rotatable bonds is 0. The van der Waals surface area contributed by atoms with Gasteiger partial charge in [0.15, 0.2) is 0 Å². The second-order valence-electron chi connectivity index (χ2n) is 2.69. The molecule has 1 N–H and O–H groups in total. The number of alkyl halides is 4. The number of hydrogen-bond donors (Lipinski definition) is 1. The lowest BCUT2D eigenvalue weighted by Crippen LogP contribution is -2.41. The van der Waals surface area contributed by atoms with Crippen LogP contribution in [0.5, 0.6) is 0 Å². The first kappa shape index (κ1) is 9.32. The highest BCUT2D eigenvalue weighted by Crippen LogP contribution is 2.32. The fourth-order valence-corrected chi connectivity index (χ4v) is 1.55. The quantitative estimate of drug-likeness (QED) is 0.499. The van der Waals surface area contributed by atoms with E-state index in [1.54, 1.807) is 0 Å². The Hall–Kier alpha value is 0.230. The van der Waals surface area contributed by atoms with Crippen LogP contribution in [0.1, 0.15) is 12.8 Å². The van der Waals surface area contributed by atoms with Crippen LogP contribution in [0.15, 0.2) is 0 Å². The van der Waals surface area contributed by atoms with Crippen molar-refractivity contribution in [3.63, 3.8) is 0 Å². The van der Waals surface area contributed by atoms with Gasteiger partial charge in [0.1, 0.15) is 0 Å². The van der Waals surface area contributed by atoms with E-state index in [0.717, 1.165) is 0 Å². The van der Waals surface area contributed by atoms with Crippen molar-refractivity contribution < 1.29 is 13.2 Å². The molecule has 2 atom stereocenters. The Morgan fingerprint density at radius 2 is 1.91 bits per heavy atom. The summed E-state index contributed by atoms with van der Waals surface area (Å²) in [6, 6.07) is 0. The highest BCUT2D eigenvalue weighted by molar-refractivity contribution is 9.09. The molecule has 0 aromatic carbocycles. The molecular formula is C6H9BrF3N. The minimum Gasteiger partial charge on any atom is -0.304 e. The first-order valence-electron chi connectivity index (χ1n) is 3.44. The first-order chi connectivity index (χ1) is 5.00. The summed E-state index contributed by atoms with van der Waals surface area (Å²) in [7, 11) is 0. The zero-order valence-electron chi connectivity index (χ0n) is 5.79. The summed E-state index contributed by atoms with van der Waals surface area (Å²) in [6.45, 7) is 0.0411. The van der Waals surface area contributed by atoms with E-state index in [0.29, 0.717) is 6.42 Å². The van der Waals surface area contributed by atoms with Gasteiger partial charge in [-0.1, -0.05) is 15.9 Å². The zero-order valence-corrected chi connectivity index (χ0v) is 7.37. The molecule has 1 aliphatic rings. The Morgan fingerprint density at radius 1 is 1.27 bits per heavy atom. The standard InChI is InChI=1S/C6H9BrF3N/c7-5-2-1-4(3-11-5)6(8,9)10/h4-5,11H,1-3H2. The minimum absolute atomic E-state index is 0.0411. The molecule has 1 rings (SSSR count). The van der Waals surface area contributed by atoms with E-state index in [9.17, 15) is 13.2 Å². The van der Waals surface area contributed by atoms with Crippen LogP contribution in [0.4, 0.5) is 13.2 Å². The predicted molar refractivity (Wildman–Crippen MR) is 39.5 cm³/mol. The van der Waals surface area contributed by atoms with E-state index >= 15 is 0 Å². The van der Waals surface area contributed by atoms with Gasteiger partial charge in [-0.3, -0.25) is 0 Å². The molecule has 5 heteroatoms. The average molecular weight is 232 g/mol. The van der Waals surface area contributed by atoms with E-state index in [2.05, 4.69) is 21.2 Å². The van der Waals surface area contributed by atoms with E-state index in [1.165, 1.54) is 0 Å². The Labute approximate surface area is 71.5 Å². The van der Waals surface area contributed by atoms with Crippen molar-refractivity contribution in [2.75, 3.05) is 6.54 Å². The molecule has 1 fully saturated rings. The lowest BCUT2D eigenvalue weighted by Gasteiger charge is -2.27. The summed E-state index contributed by atoms with van der Waals surface area (Å²) in [6.07, 6.45) is -3.25. The van der Waals surface area contributed by atoms with Crippen LogP contribution in [0.3, 0.4) is 0 Å². The Kier molecular flexibility index (Phi) is 2.80. The Morgan fingerprint density at radius 3 is 2.27 bits per heavy atom. The van der Waals surface area contributed by atoms with E-state index < -0.39 is 12.1 Å². The maximum absolute atomic E-state index is 12.0. The molecule has 0 aliphatic carbocycles. The van der Waals surface area contributed by atoms with Gasteiger partial charge in [-0.2, -0.15) is 13.2 Å². The third-order valence-corrected chi connectivity index (χ3v) is 2.60. The van der Waals surface area contributed by atoms with Gasteiger partial charge in [0.25, 0.3) is 0 Å². The Balaban J connectivity index is 2.39. The van der Waals surface area contributed by atoms with Gasteiger partial charge in [-0.15, -0.1) is 0 Å².